The Morgan fingerprint density at radius 1 is 0.818 bits per heavy atom. The van der Waals surface area contributed by atoms with E-state index in [1.54, 1.807) is 0 Å². The molecule has 0 saturated heterocycles. The first-order chi connectivity index (χ1) is 10.8. The minimum absolute atomic E-state index is 0.624. The minimum Gasteiger partial charge on any atom is -0.0848 e. The van der Waals surface area contributed by atoms with Crippen molar-refractivity contribution in [3.8, 4) is 0 Å². The molecule has 0 aromatic heterocycles. The first kappa shape index (κ1) is 15.1. The zero-order chi connectivity index (χ0) is 15.2. The predicted molar refractivity (Wildman–Crippen MR) is 95.2 cm³/mol. The van der Waals surface area contributed by atoms with Gasteiger partial charge >= 0.3 is 0 Å². The highest BCUT2D eigenvalue weighted by atomic mass is 14.2. The molecule has 0 bridgehead atoms. The van der Waals surface area contributed by atoms with Crippen molar-refractivity contribution < 1.29 is 0 Å². The van der Waals surface area contributed by atoms with E-state index in [-0.39, 0.29) is 0 Å². The van der Waals surface area contributed by atoms with Crippen LogP contribution in [-0.2, 0) is 6.42 Å². The highest BCUT2D eigenvalue weighted by molar-refractivity contribution is 5.32. The van der Waals surface area contributed by atoms with Gasteiger partial charge in [0.15, 0.2) is 0 Å². The molecule has 0 N–H and O–H groups in total. The van der Waals surface area contributed by atoms with E-state index >= 15 is 0 Å². The fourth-order valence-corrected chi connectivity index (χ4v) is 3.48. The molecule has 1 aliphatic rings. The summed E-state index contributed by atoms with van der Waals surface area (Å²) in [6.45, 7) is 2.28. The lowest BCUT2D eigenvalue weighted by molar-refractivity contribution is 0.477. The number of hydrogen-bond acceptors (Lipinski definition) is 0. The van der Waals surface area contributed by atoms with Gasteiger partial charge in [-0.05, 0) is 48.3 Å². The molecule has 0 fully saturated rings. The highest BCUT2D eigenvalue weighted by Crippen LogP contribution is 2.32. The maximum atomic E-state index is 2.45. The van der Waals surface area contributed by atoms with Gasteiger partial charge in [0.1, 0.15) is 0 Å². The molecule has 2 aromatic rings. The van der Waals surface area contributed by atoms with Crippen LogP contribution >= 0.6 is 0 Å². The molecule has 114 valence electrons. The van der Waals surface area contributed by atoms with E-state index in [4.69, 9.17) is 0 Å². The van der Waals surface area contributed by atoms with Gasteiger partial charge in [-0.2, -0.15) is 0 Å². The normalized spacial score (nSPS) is 21.0. The summed E-state index contributed by atoms with van der Waals surface area (Å²) < 4.78 is 0. The lowest BCUT2D eigenvalue weighted by atomic mass is 9.82. The van der Waals surface area contributed by atoms with Crippen LogP contribution in [0.3, 0.4) is 0 Å². The van der Waals surface area contributed by atoms with Crippen molar-refractivity contribution in [2.45, 2.75) is 44.9 Å². The Morgan fingerprint density at radius 2 is 1.55 bits per heavy atom. The molecule has 0 nitrogen and oxygen atoms in total. The van der Waals surface area contributed by atoms with Gasteiger partial charge in [-0.1, -0.05) is 80.1 Å². The second-order valence-corrected chi connectivity index (χ2v) is 6.52. The lowest BCUT2D eigenvalue weighted by Crippen LogP contribution is -2.07. The first-order valence-electron chi connectivity index (χ1n) is 8.66. The van der Waals surface area contributed by atoms with Gasteiger partial charge in [0.2, 0.25) is 0 Å². The Balaban J connectivity index is 1.63. The Bertz CT molecular complexity index is 592. The van der Waals surface area contributed by atoms with Crippen LogP contribution in [0.4, 0.5) is 0 Å². The molecule has 0 radical (unpaired) electrons. The summed E-state index contributed by atoms with van der Waals surface area (Å²) in [5.74, 6) is 1.44. The van der Waals surface area contributed by atoms with Gasteiger partial charge in [-0.3, -0.25) is 0 Å². The summed E-state index contributed by atoms with van der Waals surface area (Å²) in [6.07, 6.45) is 11.2. The Kier molecular flexibility index (Phi) is 5.11. The highest BCUT2D eigenvalue weighted by Gasteiger charge is 2.16. The monoisotopic (exact) mass is 290 g/mol. The van der Waals surface area contributed by atoms with Crippen molar-refractivity contribution in [2.24, 2.45) is 5.92 Å². The van der Waals surface area contributed by atoms with E-state index in [1.165, 1.54) is 42.4 Å². The fourth-order valence-electron chi connectivity index (χ4n) is 3.48. The maximum absolute atomic E-state index is 2.45. The summed E-state index contributed by atoms with van der Waals surface area (Å²) in [4.78, 5) is 0. The van der Waals surface area contributed by atoms with Gasteiger partial charge in [0, 0.05) is 5.92 Å². The Hall–Kier alpha value is -1.82. The standard InChI is InChI=1S/C22H26/c1-2-6-18-9-13-21(14-10-18)22-15-11-20(12-16-22)17-19-7-4-3-5-8-19/h3-5,7-9,11-13,15-16,18,21H,2,6,10,14,17H2,1H3. The molecule has 3 rings (SSSR count). The predicted octanol–water partition coefficient (Wildman–Crippen LogP) is 6.13. The molecule has 2 unspecified atom stereocenters. The third kappa shape index (κ3) is 3.88. The molecule has 0 heteroatoms. The van der Waals surface area contributed by atoms with E-state index < -0.39 is 0 Å². The summed E-state index contributed by atoms with van der Waals surface area (Å²) in [5, 5.41) is 0. The molecule has 0 amide bonds. The Labute approximate surface area is 134 Å². The second-order valence-electron chi connectivity index (χ2n) is 6.52. The summed E-state index contributed by atoms with van der Waals surface area (Å²) in [6, 6.07) is 20.0. The average Bonchev–Trinajstić information content (AvgIpc) is 2.58. The third-order valence-electron chi connectivity index (χ3n) is 4.78. The van der Waals surface area contributed by atoms with Crippen LogP contribution in [0, 0.1) is 5.92 Å². The van der Waals surface area contributed by atoms with Crippen LogP contribution in [0.2, 0.25) is 0 Å². The molecule has 0 spiro atoms. The van der Waals surface area contributed by atoms with Crippen molar-refractivity contribution in [1.29, 1.82) is 0 Å². The molecular weight excluding hydrogens is 264 g/mol. The molecule has 2 aromatic carbocycles. The van der Waals surface area contributed by atoms with Gasteiger partial charge in [-0.25, -0.2) is 0 Å². The average molecular weight is 290 g/mol. The van der Waals surface area contributed by atoms with Crippen LogP contribution in [0.1, 0.15) is 55.2 Å². The minimum atomic E-state index is 0.624. The van der Waals surface area contributed by atoms with Crippen LogP contribution in [0.25, 0.3) is 0 Å². The van der Waals surface area contributed by atoms with Gasteiger partial charge in [0.05, 0.1) is 0 Å². The molecule has 0 aliphatic heterocycles. The van der Waals surface area contributed by atoms with E-state index in [0.29, 0.717) is 5.92 Å². The van der Waals surface area contributed by atoms with Crippen LogP contribution in [-0.4, -0.2) is 0 Å². The van der Waals surface area contributed by atoms with Crippen molar-refractivity contribution in [1.82, 2.24) is 0 Å². The smallest absolute Gasteiger partial charge is 0.00182 e. The molecule has 1 aliphatic carbocycles. The third-order valence-corrected chi connectivity index (χ3v) is 4.78. The van der Waals surface area contributed by atoms with Gasteiger partial charge in [0.25, 0.3) is 0 Å². The van der Waals surface area contributed by atoms with Crippen LogP contribution in [0.5, 0.6) is 0 Å². The van der Waals surface area contributed by atoms with Crippen LogP contribution in [0.15, 0.2) is 66.7 Å². The van der Waals surface area contributed by atoms with E-state index in [2.05, 4.69) is 73.7 Å². The second kappa shape index (κ2) is 7.45. The SMILES string of the molecule is CCCC1C=CC(c2ccc(Cc3ccccc3)cc2)CC1. The number of hydrogen-bond donors (Lipinski definition) is 0. The van der Waals surface area contributed by atoms with Crippen molar-refractivity contribution in [2.75, 3.05) is 0 Å². The zero-order valence-electron chi connectivity index (χ0n) is 13.5. The zero-order valence-corrected chi connectivity index (χ0v) is 13.5. The molecule has 22 heavy (non-hydrogen) atoms. The molecule has 0 saturated carbocycles. The van der Waals surface area contributed by atoms with Crippen molar-refractivity contribution in [3.63, 3.8) is 0 Å². The van der Waals surface area contributed by atoms with Crippen molar-refractivity contribution in [3.05, 3.63) is 83.4 Å². The Morgan fingerprint density at radius 3 is 2.18 bits per heavy atom. The van der Waals surface area contributed by atoms with Gasteiger partial charge in [-0.15, -0.1) is 0 Å². The lowest BCUT2D eigenvalue weighted by Gasteiger charge is -2.23. The number of allylic oxidation sites excluding steroid dienone is 2. The van der Waals surface area contributed by atoms with Crippen LogP contribution < -0.4 is 0 Å². The van der Waals surface area contributed by atoms with E-state index in [9.17, 15) is 0 Å². The maximum Gasteiger partial charge on any atom is 0.00182 e. The first-order valence-corrected chi connectivity index (χ1v) is 8.66. The topological polar surface area (TPSA) is 0 Å². The fraction of sp³-hybridized carbons (Fsp3) is 0.364. The molecular formula is C22H26. The number of benzene rings is 2. The van der Waals surface area contributed by atoms with E-state index in [1.807, 2.05) is 0 Å². The molecule has 2 atom stereocenters. The number of rotatable bonds is 5. The molecule has 0 heterocycles. The summed E-state index contributed by atoms with van der Waals surface area (Å²) in [5.41, 5.74) is 4.26. The quantitative estimate of drug-likeness (QED) is 0.581. The van der Waals surface area contributed by atoms with E-state index in [0.717, 1.165) is 12.3 Å². The summed E-state index contributed by atoms with van der Waals surface area (Å²) in [7, 11) is 0. The summed E-state index contributed by atoms with van der Waals surface area (Å²) >= 11 is 0. The van der Waals surface area contributed by atoms with Crippen molar-refractivity contribution >= 4 is 0 Å². The van der Waals surface area contributed by atoms with Gasteiger partial charge < -0.3 is 0 Å². The largest absolute Gasteiger partial charge is 0.0848 e.